The fourth-order valence-corrected chi connectivity index (χ4v) is 4.09. The Morgan fingerprint density at radius 1 is 1.06 bits per heavy atom. The summed E-state index contributed by atoms with van der Waals surface area (Å²) < 4.78 is 0. The summed E-state index contributed by atoms with van der Waals surface area (Å²) in [5.41, 5.74) is 0. The maximum absolute atomic E-state index is 2.58. The second kappa shape index (κ2) is 4.60. The van der Waals surface area contributed by atoms with Crippen molar-refractivity contribution in [2.45, 2.75) is 25.3 Å². The van der Waals surface area contributed by atoms with Gasteiger partial charge in [0.2, 0.25) is 0 Å². The van der Waals surface area contributed by atoms with Gasteiger partial charge in [-0.15, -0.1) is 22.7 Å². The number of hydrogen-bond donors (Lipinski definition) is 0. The minimum Gasteiger partial charge on any atom is -0.356 e. The smallest absolute Gasteiger partial charge is 0.0913 e. The molecule has 1 aliphatic heterocycles. The Morgan fingerprint density at radius 3 is 2.69 bits per heavy atom. The Bertz CT molecular complexity index is 376. The van der Waals surface area contributed by atoms with Crippen LogP contribution in [-0.2, 0) is 0 Å². The van der Waals surface area contributed by atoms with Crippen LogP contribution in [0.3, 0.4) is 0 Å². The lowest BCUT2D eigenvalue weighted by atomic mass is 10.0. The molecular formula is C13H15NS2. The summed E-state index contributed by atoms with van der Waals surface area (Å²) in [6.45, 7) is 1.21. The number of nitrogens with zero attached hydrogens (tertiary/aromatic N) is 1. The van der Waals surface area contributed by atoms with Gasteiger partial charge in [-0.05, 0) is 48.2 Å². The van der Waals surface area contributed by atoms with Crippen LogP contribution >= 0.6 is 22.7 Å². The van der Waals surface area contributed by atoms with Crippen LogP contribution in [0.2, 0.25) is 0 Å². The van der Waals surface area contributed by atoms with Crippen LogP contribution in [0.25, 0.3) is 0 Å². The van der Waals surface area contributed by atoms with Crippen molar-refractivity contribution in [3.8, 4) is 0 Å². The zero-order valence-corrected chi connectivity index (χ0v) is 10.8. The van der Waals surface area contributed by atoms with E-state index in [1.165, 1.54) is 35.7 Å². The van der Waals surface area contributed by atoms with Crippen LogP contribution in [0.1, 0.15) is 30.2 Å². The first-order chi connectivity index (χ1) is 7.95. The lowest BCUT2D eigenvalue weighted by Crippen LogP contribution is -2.32. The first-order valence-electron chi connectivity index (χ1n) is 5.79. The van der Waals surface area contributed by atoms with Crippen molar-refractivity contribution >= 4 is 27.7 Å². The summed E-state index contributed by atoms with van der Waals surface area (Å²) >= 11 is 3.75. The summed E-state index contributed by atoms with van der Waals surface area (Å²) in [6.07, 6.45) is 4.00. The minimum atomic E-state index is 0.618. The van der Waals surface area contributed by atoms with E-state index in [1.807, 2.05) is 22.7 Å². The van der Waals surface area contributed by atoms with Crippen LogP contribution in [0, 0.1) is 0 Å². The van der Waals surface area contributed by atoms with Crippen LogP contribution in [0.5, 0.6) is 0 Å². The average Bonchev–Trinajstić information content (AvgIpc) is 3.03. The van der Waals surface area contributed by atoms with E-state index in [0.717, 1.165) is 0 Å². The van der Waals surface area contributed by atoms with Gasteiger partial charge in [-0.2, -0.15) is 0 Å². The molecule has 0 bridgehead atoms. The molecule has 1 saturated heterocycles. The molecule has 3 rings (SSSR count). The summed E-state index contributed by atoms with van der Waals surface area (Å²) in [4.78, 5) is 4.10. The van der Waals surface area contributed by atoms with Crippen molar-refractivity contribution in [2.24, 2.45) is 0 Å². The zero-order valence-electron chi connectivity index (χ0n) is 9.13. The van der Waals surface area contributed by atoms with Gasteiger partial charge in [0.1, 0.15) is 0 Å². The number of anilines is 1. The van der Waals surface area contributed by atoms with Gasteiger partial charge in [0.05, 0.1) is 11.0 Å². The fraction of sp³-hybridized carbons (Fsp3) is 0.385. The lowest BCUT2D eigenvalue weighted by molar-refractivity contribution is 0.481. The fourth-order valence-electron chi connectivity index (χ4n) is 2.41. The molecule has 0 spiro atoms. The maximum atomic E-state index is 2.58. The van der Waals surface area contributed by atoms with E-state index in [-0.39, 0.29) is 0 Å². The summed E-state index contributed by atoms with van der Waals surface area (Å²) in [5.74, 6) is 0. The van der Waals surface area contributed by atoms with Crippen molar-refractivity contribution in [2.75, 3.05) is 11.4 Å². The van der Waals surface area contributed by atoms with Gasteiger partial charge in [-0.1, -0.05) is 6.07 Å². The molecule has 1 fully saturated rings. The molecule has 0 N–H and O–H groups in total. The van der Waals surface area contributed by atoms with Gasteiger partial charge in [-0.3, -0.25) is 0 Å². The predicted octanol–water partition coefficient (Wildman–Crippen LogP) is 4.54. The third kappa shape index (κ3) is 1.89. The molecule has 1 atom stereocenters. The van der Waals surface area contributed by atoms with E-state index in [1.54, 1.807) is 0 Å². The summed E-state index contributed by atoms with van der Waals surface area (Å²) in [5, 5.41) is 5.80. The molecular weight excluding hydrogens is 234 g/mol. The van der Waals surface area contributed by atoms with Gasteiger partial charge in [0.25, 0.3) is 0 Å². The van der Waals surface area contributed by atoms with Crippen LogP contribution < -0.4 is 4.90 Å². The second-order valence-electron chi connectivity index (χ2n) is 4.17. The third-order valence-corrected chi connectivity index (χ3v) is 5.04. The van der Waals surface area contributed by atoms with Crippen LogP contribution in [0.15, 0.2) is 35.0 Å². The third-order valence-electron chi connectivity index (χ3n) is 3.16. The Morgan fingerprint density at radius 2 is 1.94 bits per heavy atom. The Hall–Kier alpha value is -0.800. The van der Waals surface area contributed by atoms with E-state index >= 15 is 0 Å². The highest BCUT2D eigenvalue weighted by atomic mass is 32.1. The van der Waals surface area contributed by atoms with Crippen molar-refractivity contribution in [1.82, 2.24) is 0 Å². The van der Waals surface area contributed by atoms with E-state index in [0.29, 0.717) is 6.04 Å². The molecule has 1 aliphatic rings. The normalized spacial score (nSPS) is 21.2. The Balaban J connectivity index is 1.90. The second-order valence-corrected chi connectivity index (χ2v) is 6.08. The molecule has 0 aliphatic carbocycles. The highest BCUT2D eigenvalue weighted by Gasteiger charge is 2.25. The standard InChI is InChI=1S/C13H15NS2/c1-2-8-14(13-7-4-10-16-13)11(5-1)12-6-3-9-15-12/h3-4,6-7,9-11H,1-2,5,8H2. The SMILES string of the molecule is c1csc(C2CCCCN2c2cccs2)c1. The molecule has 2 aromatic rings. The molecule has 0 radical (unpaired) electrons. The number of hydrogen-bond acceptors (Lipinski definition) is 3. The largest absolute Gasteiger partial charge is 0.356 e. The van der Waals surface area contributed by atoms with Crippen LogP contribution in [0.4, 0.5) is 5.00 Å². The maximum Gasteiger partial charge on any atom is 0.0913 e. The van der Waals surface area contributed by atoms with Gasteiger partial charge in [-0.25, -0.2) is 0 Å². The lowest BCUT2D eigenvalue weighted by Gasteiger charge is -2.36. The van der Waals surface area contributed by atoms with Crippen LogP contribution in [-0.4, -0.2) is 6.54 Å². The number of rotatable bonds is 2. The van der Waals surface area contributed by atoms with Gasteiger partial charge >= 0.3 is 0 Å². The van der Waals surface area contributed by atoms with Gasteiger partial charge in [0.15, 0.2) is 0 Å². The average molecular weight is 249 g/mol. The Labute approximate surface area is 104 Å². The van der Waals surface area contributed by atoms with Crippen molar-refractivity contribution in [3.05, 3.63) is 39.9 Å². The number of piperidine rings is 1. The molecule has 0 aromatic carbocycles. The van der Waals surface area contributed by atoms with Crippen molar-refractivity contribution < 1.29 is 0 Å². The summed E-state index contributed by atoms with van der Waals surface area (Å²) in [7, 11) is 0. The van der Waals surface area contributed by atoms with Gasteiger partial charge in [0, 0.05) is 11.4 Å². The van der Waals surface area contributed by atoms with Crippen molar-refractivity contribution in [1.29, 1.82) is 0 Å². The van der Waals surface area contributed by atoms with E-state index in [9.17, 15) is 0 Å². The van der Waals surface area contributed by atoms with Gasteiger partial charge < -0.3 is 4.90 Å². The first-order valence-corrected chi connectivity index (χ1v) is 7.54. The highest BCUT2D eigenvalue weighted by molar-refractivity contribution is 7.14. The number of thiophene rings is 2. The molecule has 16 heavy (non-hydrogen) atoms. The first kappa shape index (κ1) is 10.4. The molecule has 2 aromatic heterocycles. The molecule has 84 valence electrons. The molecule has 3 heteroatoms. The van der Waals surface area contributed by atoms with E-state index in [4.69, 9.17) is 0 Å². The van der Waals surface area contributed by atoms with E-state index < -0.39 is 0 Å². The monoisotopic (exact) mass is 249 g/mol. The quantitative estimate of drug-likeness (QED) is 0.755. The molecule has 0 amide bonds. The summed E-state index contributed by atoms with van der Waals surface area (Å²) in [6, 6.07) is 9.46. The van der Waals surface area contributed by atoms with Crippen molar-refractivity contribution in [3.63, 3.8) is 0 Å². The minimum absolute atomic E-state index is 0.618. The zero-order chi connectivity index (χ0) is 10.8. The molecule has 0 saturated carbocycles. The highest BCUT2D eigenvalue weighted by Crippen LogP contribution is 2.38. The predicted molar refractivity (Wildman–Crippen MR) is 72.6 cm³/mol. The Kier molecular flexibility index (Phi) is 2.98. The molecule has 1 nitrogen and oxygen atoms in total. The molecule has 3 heterocycles. The molecule has 1 unspecified atom stereocenters. The topological polar surface area (TPSA) is 3.24 Å². The van der Waals surface area contributed by atoms with E-state index in [2.05, 4.69) is 39.9 Å².